The Hall–Kier alpha value is -2.38. The molecule has 0 aromatic rings. The lowest BCUT2D eigenvalue weighted by Gasteiger charge is -2.26. The standard InChI is InChI=1S/C22H41N5O7S/c1-13(2)12-17(27-19(30)14(24)7-8-18(28)29)21(32)25-15(9-11-35-3)20(31)26-16(22(33)34)6-4-5-10-23/h13-17H,4-12,23-24H2,1-3H3,(H,25,32)(H,26,31)(H,27,30)(H,28,29)(H,33,34). The van der Waals surface area contributed by atoms with Crippen LogP contribution in [0, 0.1) is 5.92 Å². The van der Waals surface area contributed by atoms with Crippen LogP contribution < -0.4 is 27.4 Å². The van der Waals surface area contributed by atoms with Crippen LogP contribution in [0.5, 0.6) is 0 Å². The molecule has 35 heavy (non-hydrogen) atoms. The Morgan fingerprint density at radius 2 is 1.40 bits per heavy atom. The van der Waals surface area contributed by atoms with Gasteiger partial charge in [-0.05, 0) is 63.0 Å². The van der Waals surface area contributed by atoms with Crippen molar-refractivity contribution in [2.75, 3.05) is 18.6 Å². The minimum absolute atomic E-state index is 0.0127. The van der Waals surface area contributed by atoms with Gasteiger partial charge < -0.3 is 37.6 Å². The highest BCUT2D eigenvalue weighted by Gasteiger charge is 2.30. The van der Waals surface area contributed by atoms with E-state index in [1.54, 1.807) is 0 Å². The van der Waals surface area contributed by atoms with Crippen molar-refractivity contribution < 1.29 is 34.2 Å². The normalized spacial score (nSPS) is 14.5. The van der Waals surface area contributed by atoms with E-state index in [4.69, 9.17) is 16.6 Å². The Morgan fingerprint density at radius 3 is 1.91 bits per heavy atom. The number of unbranched alkanes of at least 4 members (excludes halogenated alkanes) is 1. The fourth-order valence-corrected chi connectivity index (χ4v) is 3.66. The van der Waals surface area contributed by atoms with Crippen molar-refractivity contribution in [3.63, 3.8) is 0 Å². The van der Waals surface area contributed by atoms with E-state index < -0.39 is 53.8 Å². The number of nitrogens with two attached hydrogens (primary N) is 2. The van der Waals surface area contributed by atoms with Crippen LogP contribution in [0.3, 0.4) is 0 Å². The van der Waals surface area contributed by atoms with Crippen molar-refractivity contribution in [2.24, 2.45) is 17.4 Å². The molecule has 13 heteroatoms. The van der Waals surface area contributed by atoms with Crippen molar-refractivity contribution in [2.45, 2.75) is 83.0 Å². The Morgan fingerprint density at radius 1 is 0.829 bits per heavy atom. The molecule has 202 valence electrons. The van der Waals surface area contributed by atoms with Gasteiger partial charge in [-0.25, -0.2) is 4.79 Å². The van der Waals surface area contributed by atoms with Crippen LogP contribution in [0.25, 0.3) is 0 Å². The Bertz CT molecular complexity index is 708. The molecule has 0 fully saturated rings. The van der Waals surface area contributed by atoms with Crippen LogP contribution in [0.2, 0.25) is 0 Å². The van der Waals surface area contributed by atoms with Gasteiger partial charge in [0.15, 0.2) is 0 Å². The zero-order valence-electron chi connectivity index (χ0n) is 20.7. The highest BCUT2D eigenvalue weighted by Crippen LogP contribution is 2.09. The summed E-state index contributed by atoms with van der Waals surface area (Å²) in [5.74, 6) is -3.61. The van der Waals surface area contributed by atoms with Gasteiger partial charge in [0.2, 0.25) is 17.7 Å². The van der Waals surface area contributed by atoms with Gasteiger partial charge in [0.25, 0.3) is 0 Å². The minimum Gasteiger partial charge on any atom is -0.481 e. The van der Waals surface area contributed by atoms with Crippen molar-refractivity contribution in [3.05, 3.63) is 0 Å². The molecule has 0 aliphatic rings. The van der Waals surface area contributed by atoms with E-state index in [9.17, 15) is 29.1 Å². The summed E-state index contributed by atoms with van der Waals surface area (Å²) >= 11 is 1.46. The number of thioether (sulfide) groups is 1. The third kappa shape index (κ3) is 14.6. The van der Waals surface area contributed by atoms with E-state index in [1.165, 1.54) is 11.8 Å². The number of rotatable bonds is 19. The molecule has 0 rings (SSSR count). The number of hydrogen-bond acceptors (Lipinski definition) is 8. The lowest BCUT2D eigenvalue weighted by molar-refractivity contribution is -0.142. The van der Waals surface area contributed by atoms with Gasteiger partial charge in [-0.15, -0.1) is 0 Å². The number of carbonyl (C=O) groups is 5. The molecular formula is C22H41N5O7S. The van der Waals surface area contributed by atoms with E-state index >= 15 is 0 Å². The van der Waals surface area contributed by atoms with Crippen molar-refractivity contribution in [1.29, 1.82) is 0 Å². The first-order valence-corrected chi connectivity index (χ1v) is 13.1. The second-order valence-corrected chi connectivity index (χ2v) is 9.74. The van der Waals surface area contributed by atoms with Crippen LogP contribution in [-0.2, 0) is 24.0 Å². The van der Waals surface area contributed by atoms with Gasteiger partial charge in [-0.3, -0.25) is 19.2 Å². The fraction of sp³-hybridized carbons (Fsp3) is 0.773. The van der Waals surface area contributed by atoms with Crippen LogP contribution in [0.1, 0.15) is 58.8 Å². The van der Waals surface area contributed by atoms with Crippen molar-refractivity contribution in [3.8, 4) is 0 Å². The topological polar surface area (TPSA) is 214 Å². The molecule has 0 aliphatic carbocycles. The second-order valence-electron chi connectivity index (χ2n) is 8.76. The third-order valence-corrected chi connectivity index (χ3v) is 5.80. The van der Waals surface area contributed by atoms with Crippen LogP contribution in [-0.4, -0.2) is 82.6 Å². The molecule has 9 N–H and O–H groups in total. The Kier molecular flexibility index (Phi) is 16.7. The maximum Gasteiger partial charge on any atom is 0.326 e. The van der Waals surface area contributed by atoms with E-state index in [2.05, 4.69) is 16.0 Å². The summed E-state index contributed by atoms with van der Waals surface area (Å²) in [7, 11) is 0. The van der Waals surface area contributed by atoms with Crippen LogP contribution >= 0.6 is 11.8 Å². The predicted octanol–water partition coefficient (Wildman–Crippen LogP) is -0.354. The fourth-order valence-electron chi connectivity index (χ4n) is 3.19. The summed E-state index contributed by atoms with van der Waals surface area (Å²) in [6.45, 7) is 4.12. The first-order chi connectivity index (χ1) is 16.4. The van der Waals surface area contributed by atoms with E-state index in [-0.39, 0.29) is 38.0 Å². The zero-order valence-corrected chi connectivity index (χ0v) is 21.6. The molecule has 4 atom stereocenters. The predicted molar refractivity (Wildman–Crippen MR) is 134 cm³/mol. The van der Waals surface area contributed by atoms with Crippen LogP contribution in [0.4, 0.5) is 0 Å². The van der Waals surface area contributed by atoms with Gasteiger partial charge >= 0.3 is 11.9 Å². The summed E-state index contributed by atoms with van der Waals surface area (Å²) in [4.78, 5) is 60.6. The number of aliphatic carboxylic acids is 2. The highest BCUT2D eigenvalue weighted by molar-refractivity contribution is 7.98. The van der Waals surface area contributed by atoms with E-state index in [0.717, 1.165) is 0 Å². The van der Waals surface area contributed by atoms with Gasteiger partial charge in [0, 0.05) is 6.42 Å². The Balaban J connectivity index is 5.39. The molecule has 0 aliphatic heterocycles. The molecule has 0 bridgehead atoms. The SMILES string of the molecule is CSCCC(NC(=O)C(CC(C)C)NC(=O)C(N)CCC(=O)O)C(=O)NC(CCCCN)C(=O)O. The van der Waals surface area contributed by atoms with Gasteiger partial charge in [-0.2, -0.15) is 11.8 Å². The summed E-state index contributed by atoms with van der Waals surface area (Å²) in [6, 6.07) is -4.21. The van der Waals surface area contributed by atoms with E-state index in [0.29, 0.717) is 25.1 Å². The summed E-state index contributed by atoms with van der Waals surface area (Å²) in [6.07, 6.45) is 3.34. The maximum atomic E-state index is 13.0. The van der Waals surface area contributed by atoms with Crippen LogP contribution in [0.15, 0.2) is 0 Å². The first kappa shape index (κ1) is 32.6. The minimum atomic E-state index is -1.18. The molecule has 4 unspecified atom stereocenters. The largest absolute Gasteiger partial charge is 0.481 e. The van der Waals surface area contributed by atoms with Gasteiger partial charge in [0.05, 0.1) is 6.04 Å². The van der Waals surface area contributed by atoms with E-state index in [1.807, 2.05) is 20.1 Å². The summed E-state index contributed by atoms with van der Waals surface area (Å²) < 4.78 is 0. The second kappa shape index (κ2) is 18.0. The molecular weight excluding hydrogens is 478 g/mol. The monoisotopic (exact) mass is 519 g/mol. The maximum absolute atomic E-state index is 13.0. The zero-order chi connectivity index (χ0) is 27.0. The van der Waals surface area contributed by atoms with Crippen molar-refractivity contribution in [1.82, 2.24) is 16.0 Å². The van der Waals surface area contributed by atoms with Gasteiger partial charge in [-0.1, -0.05) is 13.8 Å². The number of hydrogen-bond donors (Lipinski definition) is 7. The quantitative estimate of drug-likeness (QED) is 0.110. The molecule has 0 spiro atoms. The summed E-state index contributed by atoms with van der Waals surface area (Å²) in [5.41, 5.74) is 11.2. The average molecular weight is 520 g/mol. The molecule has 0 heterocycles. The summed E-state index contributed by atoms with van der Waals surface area (Å²) in [5, 5.41) is 25.9. The van der Waals surface area contributed by atoms with Crippen molar-refractivity contribution >= 4 is 41.4 Å². The highest BCUT2D eigenvalue weighted by atomic mass is 32.2. The molecule has 0 radical (unpaired) electrons. The molecule has 0 saturated carbocycles. The number of nitrogens with one attached hydrogen (secondary N) is 3. The smallest absolute Gasteiger partial charge is 0.326 e. The molecule has 0 aromatic heterocycles. The lowest BCUT2D eigenvalue weighted by atomic mass is 10.0. The van der Waals surface area contributed by atoms with Gasteiger partial charge in [0.1, 0.15) is 18.1 Å². The lowest BCUT2D eigenvalue weighted by Crippen LogP contribution is -2.57. The number of carbonyl (C=O) groups excluding carboxylic acids is 3. The number of carboxylic acids is 2. The first-order valence-electron chi connectivity index (χ1n) is 11.7. The third-order valence-electron chi connectivity index (χ3n) is 5.15. The average Bonchev–Trinajstić information content (AvgIpc) is 2.78. The number of amides is 3. The molecule has 3 amide bonds. The molecule has 0 saturated heterocycles. The molecule has 0 aromatic carbocycles. The molecule has 12 nitrogen and oxygen atoms in total. The Labute approximate surface area is 210 Å². The number of carboxylic acid groups (broad SMARTS) is 2.